The lowest BCUT2D eigenvalue weighted by molar-refractivity contribution is 0.510. The van der Waals surface area contributed by atoms with E-state index < -0.39 is 11.6 Å². The van der Waals surface area contributed by atoms with Gasteiger partial charge in [0, 0.05) is 6.54 Å². The Labute approximate surface area is 107 Å². The molecule has 0 atom stereocenters. The summed E-state index contributed by atoms with van der Waals surface area (Å²) in [5.41, 5.74) is 0.772. The van der Waals surface area contributed by atoms with Crippen LogP contribution in [-0.2, 0) is 6.54 Å². The summed E-state index contributed by atoms with van der Waals surface area (Å²) in [5, 5.41) is 0. The van der Waals surface area contributed by atoms with Crippen LogP contribution in [-0.4, -0.2) is 21.6 Å². The van der Waals surface area contributed by atoms with Crippen molar-refractivity contribution in [2.45, 2.75) is 13.0 Å². The van der Waals surface area contributed by atoms with E-state index >= 15 is 0 Å². The average molecular weight is 274 g/mol. The van der Waals surface area contributed by atoms with Crippen LogP contribution in [0.25, 0.3) is 11.0 Å². The highest BCUT2D eigenvalue weighted by Crippen LogP contribution is 2.20. The number of halogens is 2. The maximum atomic E-state index is 13.7. The van der Waals surface area contributed by atoms with Gasteiger partial charge in [0.2, 0.25) is 0 Å². The molecule has 0 saturated heterocycles. The predicted molar refractivity (Wildman–Crippen MR) is 70.0 cm³/mol. The summed E-state index contributed by atoms with van der Waals surface area (Å²) in [5.74, 6) is -0.713. The molecule has 2 nitrogen and oxygen atoms in total. The Morgan fingerprint density at radius 2 is 2.18 bits per heavy atom. The Kier molecular flexibility index (Phi) is 3.83. The molecule has 1 aromatic carbocycles. The minimum absolute atomic E-state index is 0.233. The van der Waals surface area contributed by atoms with Crippen molar-refractivity contribution in [3.63, 3.8) is 0 Å². The minimum Gasteiger partial charge on any atom is -0.330 e. The summed E-state index contributed by atoms with van der Waals surface area (Å²) in [6.07, 6.45) is 2.88. The molecule has 17 heavy (non-hydrogen) atoms. The van der Waals surface area contributed by atoms with E-state index in [0.717, 1.165) is 18.2 Å². The van der Waals surface area contributed by atoms with Gasteiger partial charge in [0.25, 0.3) is 0 Å². The summed E-state index contributed by atoms with van der Waals surface area (Å²) in [7, 11) is 0. The molecular weight excluding hydrogens is 262 g/mol. The topological polar surface area (TPSA) is 20.7 Å². The third-order valence-electron chi connectivity index (χ3n) is 2.56. The number of thioether (sulfide) groups is 1. The Hall–Kier alpha value is -0.880. The van der Waals surface area contributed by atoms with Crippen LogP contribution in [0.15, 0.2) is 12.1 Å². The van der Waals surface area contributed by atoms with Gasteiger partial charge in [-0.3, -0.25) is 0 Å². The first-order chi connectivity index (χ1) is 8.15. The Morgan fingerprint density at radius 1 is 1.41 bits per heavy atom. The Balaban J connectivity index is 2.49. The van der Waals surface area contributed by atoms with Gasteiger partial charge in [-0.1, -0.05) is 0 Å². The van der Waals surface area contributed by atoms with Crippen molar-refractivity contribution in [3.05, 3.63) is 28.5 Å². The van der Waals surface area contributed by atoms with Gasteiger partial charge >= 0.3 is 0 Å². The van der Waals surface area contributed by atoms with Crippen molar-refractivity contribution in [1.29, 1.82) is 0 Å². The summed E-state index contributed by atoms with van der Waals surface area (Å²) < 4.78 is 29.0. The maximum Gasteiger partial charge on any atom is 0.184 e. The molecule has 2 aromatic rings. The third-order valence-corrected chi connectivity index (χ3v) is 3.58. The molecule has 0 aliphatic heterocycles. The zero-order chi connectivity index (χ0) is 12.4. The second-order valence-electron chi connectivity index (χ2n) is 3.69. The van der Waals surface area contributed by atoms with Gasteiger partial charge in [-0.05, 0) is 42.8 Å². The number of aromatic nitrogens is 2. The van der Waals surface area contributed by atoms with Crippen molar-refractivity contribution >= 4 is 35.0 Å². The summed E-state index contributed by atoms with van der Waals surface area (Å²) >= 11 is 6.83. The van der Waals surface area contributed by atoms with Crippen LogP contribution in [0, 0.1) is 16.4 Å². The SMILES string of the molecule is CSCCCn1c(=S)[nH]c2ccc(F)c(F)c21. The van der Waals surface area contributed by atoms with Crippen LogP contribution in [0.4, 0.5) is 8.78 Å². The second kappa shape index (κ2) is 5.18. The molecule has 0 fully saturated rings. The van der Waals surface area contributed by atoms with E-state index in [0.29, 0.717) is 16.8 Å². The number of benzene rings is 1. The minimum atomic E-state index is -0.842. The molecular formula is C11H12F2N2S2. The quantitative estimate of drug-likeness (QED) is 0.677. The lowest BCUT2D eigenvalue weighted by Gasteiger charge is -2.04. The zero-order valence-corrected chi connectivity index (χ0v) is 10.9. The van der Waals surface area contributed by atoms with Crippen molar-refractivity contribution in [2.75, 3.05) is 12.0 Å². The first-order valence-electron chi connectivity index (χ1n) is 5.20. The summed E-state index contributed by atoms with van der Waals surface area (Å²) in [6.45, 7) is 0.597. The number of rotatable bonds is 4. The molecule has 1 heterocycles. The molecule has 1 aromatic heterocycles. The number of hydrogen-bond acceptors (Lipinski definition) is 2. The smallest absolute Gasteiger partial charge is 0.184 e. The zero-order valence-electron chi connectivity index (χ0n) is 9.30. The second-order valence-corrected chi connectivity index (χ2v) is 5.06. The molecule has 0 spiro atoms. The molecule has 92 valence electrons. The fraction of sp³-hybridized carbons (Fsp3) is 0.364. The van der Waals surface area contributed by atoms with E-state index in [1.165, 1.54) is 6.07 Å². The molecule has 0 saturated carbocycles. The molecule has 0 unspecified atom stereocenters. The highest BCUT2D eigenvalue weighted by molar-refractivity contribution is 7.98. The van der Waals surface area contributed by atoms with E-state index in [9.17, 15) is 8.78 Å². The predicted octanol–water partition coefficient (Wildman–Crippen LogP) is 3.73. The van der Waals surface area contributed by atoms with Crippen LogP contribution < -0.4 is 0 Å². The van der Waals surface area contributed by atoms with Gasteiger partial charge in [-0.2, -0.15) is 11.8 Å². The van der Waals surface area contributed by atoms with E-state index in [4.69, 9.17) is 12.2 Å². The Bertz CT molecular complexity index is 589. The summed E-state index contributed by atoms with van der Waals surface area (Å²) in [4.78, 5) is 2.89. The molecule has 2 rings (SSSR count). The fourth-order valence-electron chi connectivity index (χ4n) is 1.77. The number of fused-ring (bicyclic) bond motifs is 1. The van der Waals surface area contributed by atoms with E-state index in [1.807, 2.05) is 6.26 Å². The van der Waals surface area contributed by atoms with Gasteiger partial charge in [0.1, 0.15) is 5.52 Å². The standard InChI is InChI=1S/C11H12F2N2S2/c1-17-6-2-5-15-10-8(14-11(15)16)4-3-7(12)9(10)13/h3-4H,2,5-6H2,1H3,(H,14,16). The number of H-pyrrole nitrogens is 1. The van der Waals surface area contributed by atoms with E-state index in [-0.39, 0.29) is 5.52 Å². The number of aryl methyl sites for hydroxylation is 1. The molecule has 0 aliphatic rings. The average Bonchev–Trinajstić information content (AvgIpc) is 2.62. The van der Waals surface area contributed by atoms with Crippen molar-refractivity contribution in [1.82, 2.24) is 9.55 Å². The van der Waals surface area contributed by atoms with Crippen molar-refractivity contribution in [2.24, 2.45) is 0 Å². The largest absolute Gasteiger partial charge is 0.330 e. The number of nitrogens with one attached hydrogen (secondary N) is 1. The van der Waals surface area contributed by atoms with Gasteiger partial charge in [-0.15, -0.1) is 0 Å². The van der Waals surface area contributed by atoms with Gasteiger partial charge in [0.05, 0.1) is 5.52 Å². The Morgan fingerprint density at radius 3 is 2.88 bits per heavy atom. The number of nitrogens with zero attached hydrogens (tertiary/aromatic N) is 1. The lowest BCUT2D eigenvalue weighted by atomic mass is 10.3. The highest BCUT2D eigenvalue weighted by Gasteiger charge is 2.13. The number of imidazole rings is 1. The van der Waals surface area contributed by atoms with E-state index in [1.54, 1.807) is 16.3 Å². The van der Waals surface area contributed by atoms with Crippen LogP contribution in [0.1, 0.15) is 6.42 Å². The van der Waals surface area contributed by atoms with Crippen LogP contribution in [0.2, 0.25) is 0 Å². The number of aromatic amines is 1. The molecule has 0 bridgehead atoms. The van der Waals surface area contributed by atoms with Crippen molar-refractivity contribution < 1.29 is 8.78 Å². The lowest BCUT2D eigenvalue weighted by Crippen LogP contribution is -2.01. The first kappa shape index (κ1) is 12.6. The van der Waals surface area contributed by atoms with Crippen molar-refractivity contribution in [3.8, 4) is 0 Å². The monoisotopic (exact) mass is 274 g/mol. The normalized spacial score (nSPS) is 11.2. The molecule has 0 radical (unpaired) electrons. The first-order valence-corrected chi connectivity index (χ1v) is 7.01. The molecule has 0 amide bonds. The number of hydrogen-bond donors (Lipinski definition) is 1. The molecule has 6 heteroatoms. The fourth-order valence-corrected chi connectivity index (χ4v) is 2.48. The van der Waals surface area contributed by atoms with E-state index in [2.05, 4.69) is 4.98 Å². The van der Waals surface area contributed by atoms with Gasteiger partial charge < -0.3 is 9.55 Å². The van der Waals surface area contributed by atoms with Gasteiger partial charge in [0.15, 0.2) is 16.4 Å². The third kappa shape index (κ3) is 2.37. The molecule has 0 aliphatic carbocycles. The van der Waals surface area contributed by atoms with Crippen LogP contribution in [0.5, 0.6) is 0 Å². The van der Waals surface area contributed by atoms with Crippen LogP contribution >= 0.6 is 24.0 Å². The molecule has 1 N–H and O–H groups in total. The van der Waals surface area contributed by atoms with Gasteiger partial charge in [-0.25, -0.2) is 8.78 Å². The highest BCUT2D eigenvalue weighted by atomic mass is 32.2. The van der Waals surface area contributed by atoms with Crippen LogP contribution in [0.3, 0.4) is 0 Å². The maximum absolute atomic E-state index is 13.7. The summed E-state index contributed by atoms with van der Waals surface area (Å²) in [6, 6.07) is 2.61.